The maximum atomic E-state index is 6.65. The Morgan fingerprint density at radius 3 is 1.67 bits per heavy atom. The third kappa shape index (κ3) is 5.83. The molecule has 0 saturated heterocycles. The summed E-state index contributed by atoms with van der Waals surface area (Å²) in [5.74, 6) is 0.693. The average Bonchev–Trinajstić information content (AvgIpc) is 3.69. The molecule has 11 aromatic rings. The lowest BCUT2D eigenvalue weighted by Gasteiger charge is -2.12. The number of hydrogen-bond donors (Lipinski definition) is 0. The first-order valence-corrected chi connectivity index (χ1v) is 19.2. The largest absolute Gasteiger partial charge is 0.455 e. The topological polar surface area (TPSA) is 51.8 Å². The van der Waals surface area contributed by atoms with E-state index in [1.165, 1.54) is 10.9 Å². The number of benzene rings is 8. The SMILES string of the molecule is c1ccc(-c2cccc(-c3cc(-c4ccc(-c5cccc(-c6nc7ccc8ccccc8c7c7oc8ccccc8c67)c5)cc4)nc(-c4ccccc4)n3)c2)cc1. The van der Waals surface area contributed by atoms with Gasteiger partial charge >= 0.3 is 0 Å². The molecule has 0 aliphatic heterocycles. The van der Waals surface area contributed by atoms with Crippen LogP contribution < -0.4 is 0 Å². The first-order chi connectivity index (χ1) is 28.2. The van der Waals surface area contributed by atoms with Gasteiger partial charge < -0.3 is 4.42 Å². The van der Waals surface area contributed by atoms with E-state index in [0.717, 1.165) is 94.3 Å². The van der Waals surface area contributed by atoms with Crippen molar-refractivity contribution in [2.45, 2.75) is 0 Å². The van der Waals surface area contributed by atoms with Crippen LogP contribution in [0.2, 0.25) is 0 Å². The van der Waals surface area contributed by atoms with Crippen LogP contribution in [0, 0.1) is 0 Å². The van der Waals surface area contributed by atoms with E-state index < -0.39 is 0 Å². The first kappa shape index (κ1) is 32.7. The van der Waals surface area contributed by atoms with Crippen LogP contribution in [0.25, 0.3) is 111 Å². The predicted octanol–water partition coefficient (Wildman–Crippen LogP) is 14.1. The third-order valence-electron chi connectivity index (χ3n) is 10.9. The van der Waals surface area contributed by atoms with Crippen LogP contribution in [0.1, 0.15) is 0 Å². The van der Waals surface area contributed by atoms with Crippen molar-refractivity contribution in [2.24, 2.45) is 0 Å². The van der Waals surface area contributed by atoms with Gasteiger partial charge in [-0.2, -0.15) is 0 Å². The van der Waals surface area contributed by atoms with E-state index in [4.69, 9.17) is 19.4 Å². The molecule has 0 aliphatic carbocycles. The zero-order valence-corrected chi connectivity index (χ0v) is 30.8. The molecule has 11 rings (SSSR count). The van der Waals surface area contributed by atoms with E-state index in [2.05, 4.69) is 164 Å². The van der Waals surface area contributed by atoms with Gasteiger partial charge in [-0.1, -0.05) is 170 Å². The summed E-state index contributed by atoms with van der Waals surface area (Å²) in [7, 11) is 0. The highest BCUT2D eigenvalue weighted by Gasteiger charge is 2.20. The second-order valence-corrected chi connectivity index (χ2v) is 14.4. The summed E-state index contributed by atoms with van der Waals surface area (Å²) in [4.78, 5) is 15.5. The molecule has 3 aromatic heterocycles. The number of aromatic nitrogens is 3. The lowest BCUT2D eigenvalue weighted by atomic mass is 9.96. The molecule has 4 nitrogen and oxygen atoms in total. The van der Waals surface area contributed by atoms with E-state index >= 15 is 0 Å². The van der Waals surface area contributed by atoms with Crippen molar-refractivity contribution in [3.8, 4) is 67.4 Å². The molecule has 4 heteroatoms. The second-order valence-electron chi connectivity index (χ2n) is 14.4. The molecule has 0 aliphatic rings. The summed E-state index contributed by atoms with van der Waals surface area (Å²) in [6, 6.07) is 69.6. The lowest BCUT2D eigenvalue weighted by Crippen LogP contribution is -1.96. The van der Waals surface area contributed by atoms with E-state index in [-0.39, 0.29) is 0 Å². The van der Waals surface area contributed by atoms with Crippen molar-refractivity contribution in [1.29, 1.82) is 0 Å². The van der Waals surface area contributed by atoms with Gasteiger partial charge in [-0.25, -0.2) is 15.0 Å². The number of fused-ring (bicyclic) bond motifs is 7. The highest BCUT2D eigenvalue weighted by molar-refractivity contribution is 6.25. The van der Waals surface area contributed by atoms with Crippen molar-refractivity contribution in [3.63, 3.8) is 0 Å². The summed E-state index contributed by atoms with van der Waals surface area (Å²) >= 11 is 0. The van der Waals surface area contributed by atoms with E-state index in [0.29, 0.717) is 5.82 Å². The van der Waals surface area contributed by atoms with Gasteiger partial charge in [0.15, 0.2) is 5.82 Å². The van der Waals surface area contributed by atoms with Crippen LogP contribution in [0.5, 0.6) is 0 Å². The monoisotopic (exact) mass is 727 g/mol. The van der Waals surface area contributed by atoms with Gasteiger partial charge in [0.25, 0.3) is 0 Å². The Morgan fingerprint density at radius 2 is 0.895 bits per heavy atom. The standard InChI is InChI=1S/C53H33N3O/c1-3-13-34(14-4-1)39-18-11-20-41(31-39)47-33-46(55-53(56-47)38-16-5-2-6-17-38)37-27-25-35(26-28-37)40-19-12-21-42(32-40)51-50-44-23-9-10-24-48(44)57-52(50)49-43-22-8-7-15-36(43)29-30-45(49)54-51/h1-33H. The quantitative estimate of drug-likeness (QED) is 0.160. The summed E-state index contributed by atoms with van der Waals surface area (Å²) in [6.45, 7) is 0. The number of nitrogens with zero attached hydrogens (tertiary/aromatic N) is 3. The van der Waals surface area contributed by atoms with E-state index in [1.807, 2.05) is 36.4 Å². The fraction of sp³-hybridized carbons (Fsp3) is 0. The summed E-state index contributed by atoms with van der Waals surface area (Å²) < 4.78 is 6.65. The first-order valence-electron chi connectivity index (χ1n) is 19.2. The average molecular weight is 728 g/mol. The van der Waals surface area contributed by atoms with Crippen LogP contribution in [-0.4, -0.2) is 15.0 Å². The summed E-state index contributed by atoms with van der Waals surface area (Å²) in [5.41, 5.74) is 13.9. The van der Waals surface area contributed by atoms with Gasteiger partial charge in [-0.3, -0.25) is 0 Å². The minimum absolute atomic E-state index is 0.693. The Labute approximate surface area is 329 Å². The number of hydrogen-bond acceptors (Lipinski definition) is 4. The van der Waals surface area contributed by atoms with Gasteiger partial charge in [0.1, 0.15) is 11.2 Å². The van der Waals surface area contributed by atoms with Crippen LogP contribution >= 0.6 is 0 Å². The van der Waals surface area contributed by atoms with Gasteiger partial charge in [0.2, 0.25) is 0 Å². The number of para-hydroxylation sites is 1. The summed E-state index contributed by atoms with van der Waals surface area (Å²) in [6.07, 6.45) is 0. The molecule has 0 atom stereocenters. The fourth-order valence-electron chi connectivity index (χ4n) is 8.06. The van der Waals surface area contributed by atoms with E-state index in [9.17, 15) is 0 Å². The molecule has 0 fully saturated rings. The Hall–Kier alpha value is -7.69. The lowest BCUT2D eigenvalue weighted by molar-refractivity contribution is 0.673. The van der Waals surface area contributed by atoms with Crippen LogP contribution in [0.15, 0.2) is 205 Å². The maximum Gasteiger partial charge on any atom is 0.160 e. The number of rotatable bonds is 6. The molecule has 0 N–H and O–H groups in total. The van der Waals surface area contributed by atoms with Crippen molar-refractivity contribution in [3.05, 3.63) is 200 Å². The molecule has 57 heavy (non-hydrogen) atoms. The molecular formula is C53H33N3O. The van der Waals surface area contributed by atoms with Crippen LogP contribution in [0.4, 0.5) is 0 Å². The zero-order valence-electron chi connectivity index (χ0n) is 30.8. The minimum Gasteiger partial charge on any atom is -0.455 e. The second kappa shape index (κ2) is 13.6. The van der Waals surface area contributed by atoms with E-state index in [1.54, 1.807) is 0 Å². The zero-order chi connectivity index (χ0) is 37.7. The van der Waals surface area contributed by atoms with Crippen molar-refractivity contribution >= 4 is 43.6 Å². The van der Waals surface area contributed by atoms with Crippen molar-refractivity contribution < 1.29 is 4.42 Å². The van der Waals surface area contributed by atoms with Gasteiger partial charge in [0.05, 0.1) is 33.4 Å². The molecule has 0 radical (unpaired) electrons. The molecule has 266 valence electrons. The van der Waals surface area contributed by atoms with Gasteiger partial charge in [-0.15, -0.1) is 0 Å². The van der Waals surface area contributed by atoms with Crippen LogP contribution in [-0.2, 0) is 0 Å². The fourth-order valence-corrected chi connectivity index (χ4v) is 8.06. The normalized spacial score (nSPS) is 11.5. The molecular weight excluding hydrogens is 695 g/mol. The molecule has 0 spiro atoms. The van der Waals surface area contributed by atoms with Crippen molar-refractivity contribution in [1.82, 2.24) is 15.0 Å². The van der Waals surface area contributed by atoms with Crippen molar-refractivity contribution in [2.75, 3.05) is 0 Å². The molecule has 8 aromatic carbocycles. The smallest absolute Gasteiger partial charge is 0.160 e. The highest BCUT2D eigenvalue weighted by atomic mass is 16.3. The maximum absolute atomic E-state index is 6.65. The molecule has 0 amide bonds. The molecule has 0 bridgehead atoms. The Kier molecular flexibility index (Phi) is 7.78. The van der Waals surface area contributed by atoms with Gasteiger partial charge in [-0.05, 0) is 63.4 Å². The third-order valence-corrected chi connectivity index (χ3v) is 10.9. The Balaban J connectivity index is 1.00. The Morgan fingerprint density at radius 1 is 0.333 bits per heavy atom. The Bertz CT molecular complexity index is 3280. The molecule has 0 saturated carbocycles. The van der Waals surface area contributed by atoms with Crippen LogP contribution in [0.3, 0.4) is 0 Å². The molecule has 0 unspecified atom stereocenters. The number of furan rings is 1. The minimum atomic E-state index is 0.693. The van der Waals surface area contributed by atoms with Gasteiger partial charge in [0, 0.05) is 27.6 Å². The predicted molar refractivity (Wildman–Crippen MR) is 235 cm³/mol. The number of pyridine rings is 1. The molecule has 3 heterocycles. The highest BCUT2D eigenvalue weighted by Crippen LogP contribution is 2.42. The summed E-state index contributed by atoms with van der Waals surface area (Å²) in [5, 5.41) is 5.44.